The molecule has 0 aromatic heterocycles. The summed E-state index contributed by atoms with van der Waals surface area (Å²) in [5, 5.41) is 0. The molecular formula is C6H9LaO3. The fourth-order valence-corrected chi connectivity index (χ4v) is 0. The number of hydrogen-bond acceptors (Lipinski definition) is 3. The van der Waals surface area contributed by atoms with Crippen LogP contribution >= 0.6 is 0 Å². The summed E-state index contributed by atoms with van der Waals surface area (Å²) >= 11 is 0. The van der Waals surface area contributed by atoms with Gasteiger partial charge >= 0.3 is 35.6 Å². The summed E-state index contributed by atoms with van der Waals surface area (Å²) in [6.07, 6.45) is 4.50. The van der Waals surface area contributed by atoms with Gasteiger partial charge in [0.25, 0.3) is 0 Å². The molecule has 0 rings (SSSR count). The molecule has 0 heterocycles. The van der Waals surface area contributed by atoms with E-state index in [1.54, 1.807) is 0 Å². The van der Waals surface area contributed by atoms with Crippen molar-refractivity contribution in [3.05, 3.63) is 0 Å². The maximum Gasteiger partial charge on any atom is 3.00 e. The smallest absolute Gasteiger partial charge is 0.542 e. The van der Waals surface area contributed by atoms with Crippen LogP contribution in [0.1, 0.15) is 20.8 Å². The molecule has 0 N–H and O–H groups in total. The van der Waals surface area contributed by atoms with Crippen LogP contribution in [0.4, 0.5) is 0 Å². The first-order valence-electron chi connectivity index (χ1n) is 2.11. The first-order chi connectivity index (χ1) is 4.24. The van der Waals surface area contributed by atoms with Crippen molar-refractivity contribution in [3.63, 3.8) is 0 Å². The molecule has 54 valence electrons. The quantitative estimate of drug-likeness (QED) is 0.595. The van der Waals surface area contributed by atoms with Crippen molar-refractivity contribution in [3.8, 4) is 0 Å². The summed E-state index contributed by atoms with van der Waals surface area (Å²) in [6, 6.07) is 0. The van der Waals surface area contributed by atoms with E-state index in [2.05, 4.69) is 0 Å². The van der Waals surface area contributed by atoms with Gasteiger partial charge in [0.05, 0.1) is 0 Å². The van der Waals surface area contributed by atoms with Crippen molar-refractivity contribution in [2.75, 3.05) is 0 Å². The normalized spacial score (nSPS) is 3.90. The second-order valence-electron chi connectivity index (χ2n) is 0.612. The van der Waals surface area contributed by atoms with Crippen LogP contribution in [0.2, 0.25) is 0 Å². The van der Waals surface area contributed by atoms with Gasteiger partial charge in [-0.3, -0.25) is 18.9 Å². The largest absolute Gasteiger partial charge is 3.00 e. The van der Waals surface area contributed by atoms with E-state index in [-0.39, 0.29) is 35.6 Å². The van der Waals surface area contributed by atoms with Crippen molar-refractivity contribution in [1.82, 2.24) is 0 Å². The molecule has 0 unspecified atom stereocenters. The average Bonchev–Trinajstić information content (AvgIpc) is 1.70. The third-order valence-corrected chi connectivity index (χ3v) is 0. The molecule has 0 aliphatic carbocycles. The van der Waals surface area contributed by atoms with Gasteiger partial charge in [-0.15, -0.1) is 0 Å². The molecule has 0 spiro atoms. The molecule has 0 aliphatic heterocycles. The SMILES string of the molecule is C[C-]=O.C[C-]=O.C[C-]=O.[La+3]. The summed E-state index contributed by atoms with van der Waals surface area (Å²) in [5.41, 5.74) is 0. The molecule has 0 aromatic rings. The van der Waals surface area contributed by atoms with E-state index in [1.165, 1.54) is 39.6 Å². The van der Waals surface area contributed by atoms with Gasteiger partial charge in [0.1, 0.15) is 0 Å². The van der Waals surface area contributed by atoms with Crippen LogP contribution in [-0.4, -0.2) is 18.9 Å². The second-order valence-corrected chi connectivity index (χ2v) is 0.612. The molecule has 0 saturated carbocycles. The third-order valence-electron chi connectivity index (χ3n) is 0. The van der Waals surface area contributed by atoms with Gasteiger partial charge in [0, 0.05) is 0 Å². The zero-order chi connectivity index (χ0) is 8.12. The van der Waals surface area contributed by atoms with Crippen LogP contribution in [0.5, 0.6) is 0 Å². The van der Waals surface area contributed by atoms with E-state index in [0.717, 1.165) is 0 Å². The van der Waals surface area contributed by atoms with Crippen LogP contribution in [0, 0.1) is 35.6 Å². The summed E-state index contributed by atoms with van der Waals surface area (Å²) in [5.74, 6) is 0. The predicted octanol–water partition coefficient (Wildman–Crippen LogP) is 0.348. The summed E-state index contributed by atoms with van der Waals surface area (Å²) in [7, 11) is 0. The standard InChI is InChI=1S/3C2H3O.La/c3*1-2-3;/h3*1H3;/q3*-1;+3. The maximum atomic E-state index is 8.68. The van der Waals surface area contributed by atoms with Gasteiger partial charge in [-0.1, -0.05) is 0 Å². The summed E-state index contributed by atoms with van der Waals surface area (Å²) < 4.78 is 0. The van der Waals surface area contributed by atoms with Gasteiger partial charge in [0.15, 0.2) is 0 Å². The van der Waals surface area contributed by atoms with Gasteiger partial charge in [-0.05, 0) is 0 Å². The van der Waals surface area contributed by atoms with Crippen molar-refractivity contribution in [2.24, 2.45) is 0 Å². The monoisotopic (exact) mass is 268 g/mol. The first kappa shape index (κ1) is 22.5. The maximum absolute atomic E-state index is 8.68. The summed E-state index contributed by atoms with van der Waals surface area (Å²) in [4.78, 5) is 26.0. The van der Waals surface area contributed by atoms with Crippen molar-refractivity contribution in [1.29, 1.82) is 0 Å². The molecule has 0 atom stereocenters. The Bertz CT molecular complexity index is 49.7. The Morgan fingerprint density at radius 2 is 0.700 bits per heavy atom. The fourth-order valence-electron chi connectivity index (χ4n) is 0. The zero-order valence-electron chi connectivity index (χ0n) is 6.30. The molecule has 0 bridgehead atoms. The first-order valence-corrected chi connectivity index (χ1v) is 2.11. The minimum absolute atomic E-state index is 0. The van der Waals surface area contributed by atoms with E-state index < -0.39 is 0 Å². The minimum atomic E-state index is 0. The molecule has 10 heavy (non-hydrogen) atoms. The number of rotatable bonds is 0. The van der Waals surface area contributed by atoms with Gasteiger partial charge < -0.3 is 14.4 Å². The number of carbonyl (C=O) groups excluding carboxylic acids is 3. The molecular weight excluding hydrogens is 259 g/mol. The third kappa shape index (κ3) is 10200. The van der Waals surface area contributed by atoms with E-state index in [0.29, 0.717) is 0 Å². The Balaban J connectivity index is -0.0000000257. The molecule has 0 saturated heterocycles. The fraction of sp³-hybridized carbons (Fsp3) is 0.500. The van der Waals surface area contributed by atoms with Crippen LogP contribution in [0.15, 0.2) is 0 Å². The Kier molecular flexibility index (Phi) is 135. The summed E-state index contributed by atoms with van der Waals surface area (Å²) in [6.45, 7) is 3.96. The van der Waals surface area contributed by atoms with Gasteiger partial charge in [-0.25, -0.2) is 0 Å². The Labute approximate surface area is 89.2 Å². The molecule has 0 radical (unpaired) electrons. The minimum Gasteiger partial charge on any atom is -0.542 e. The van der Waals surface area contributed by atoms with Crippen molar-refractivity contribution >= 4 is 18.9 Å². The van der Waals surface area contributed by atoms with E-state index in [4.69, 9.17) is 14.4 Å². The van der Waals surface area contributed by atoms with Crippen LogP contribution in [0.3, 0.4) is 0 Å². The van der Waals surface area contributed by atoms with Crippen LogP contribution < -0.4 is 0 Å². The Morgan fingerprint density at radius 3 is 0.700 bits per heavy atom. The topological polar surface area (TPSA) is 51.2 Å². The molecule has 0 aliphatic rings. The van der Waals surface area contributed by atoms with E-state index in [9.17, 15) is 0 Å². The van der Waals surface area contributed by atoms with Gasteiger partial charge in [-0.2, -0.15) is 20.8 Å². The predicted molar refractivity (Wildman–Crippen MR) is 34.1 cm³/mol. The average molecular weight is 268 g/mol. The van der Waals surface area contributed by atoms with E-state index >= 15 is 0 Å². The number of hydrogen-bond donors (Lipinski definition) is 0. The molecule has 3 nitrogen and oxygen atoms in total. The van der Waals surface area contributed by atoms with Gasteiger partial charge in [0.2, 0.25) is 0 Å². The zero-order valence-corrected chi connectivity index (χ0v) is 9.93. The molecule has 0 fully saturated rings. The van der Waals surface area contributed by atoms with Crippen molar-refractivity contribution in [2.45, 2.75) is 20.8 Å². The van der Waals surface area contributed by atoms with Crippen LogP contribution in [0.25, 0.3) is 0 Å². The molecule has 0 amide bonds. The van der Waals surface area contributed by atoms with Crippen LogP contribution in [-0.2, 0) is 14.4 Å². The van der Waals surface area contributed by atoms with E-state index in [1.807, 2.05) is 0 Å². The Hall–Kier alpha value is 0.205. The second kappa shape index (κ2) is 60.3. The molecule has 4 heteroatoms. The Morgan fingerprint density at radius 1 is 0.700 bits per heavy atom. The van der Waals surface area contributed by atoms with Crippen molar-refractivity contribution < 1.29 is 50.0 Å². The molecule has 0 aromatic carbocycles.